The zero-order chi connectivity index (χ0) is 20.9. The topological polar surface area (TPSA) is 65.2 Å². The molecule has 0 saturated heterocycles. The van der Waals surface area contributed by atoms with Crippen molar-refractivity contribution < 1.29 is 27.1 Å². The Morgan fingerprint density at radius 1 is 1.21 bits per heavy atom. The number of hydrogen-bond donors (Lipinski definition) is 1. The Hall–Kier alpha value is -2.68. The lowest BCUT2D eigenvalue weighted by Gasteiger charge is -2.21. The van der Waals surface area contributed by atoms with Crippen LogP contribution < -0.4 is 10.5 Å². The Morgan fingerprint density at radius 2 is 1.90 bits per heavy atom. The number of anilines is 1. The van der Waals surface area contributed by atoms with Crippen LogP contribution >= 0.6 is 11.3 Å². The van der Waals surface area contributed by atoms with Crippen molar-refractivity contribution in [2.24, 2.45) is 0 Å². The van der Waals surface area contributed by atoms with Gasteiger partial charge < -0.3 is 10.5 Å². The average Bonchev–Trinajstić information content (AvgIpc) is 3.02. The normalized spacial score (nSPS) is 14.1. The van der Waals surface area contributed by atoms with E-state index in [0.29, 0.717) is 23.8 Å². The zero-order valence-electron chi connectivity index (χ0n) is 15.3. The minimum Gasteiger partial charge on any atom is -0.494 e. The molecule has 2 heterocycles. The number of nitrogen functional groups attached to an aromatic ring is 1. The molecule has 2 aromatic heterocycles. The number of benzene rings is 1. The molecule has 0 unspecified atom stereocenters. The second-order valence-corrected chi connectivity index (χ2v) is 7.82. The van der Waals surface area contributed by atoms with Crippen molar-refractivity contribution in [1.29, 1.82) is 0 Å². The highest BCUT2D eigenvalue weighted by atomic mass is 32.1. The van der Waals surface area contributed by atoms with Crippen molar-refractivity contribution in [3.05, 3.63) is 51.3 Å². The summed E-state index contributed by atoms with van der Waals surface area (Å²) in [5.41, 5.74) is 6.11. The molecule has 4 rings (SSSR count). The second-order valence-electron chi connectivity index (χ2n) is 6.83. The lowest BCUT2D eigenvalue weighted by atomic mass is 9.88. The van der Waals surface area contributed by atoms with Crippen LogP contribution in [0.1, 0.15) is 44.9 Å². The molecule has 0 bridgehead atoms. The van der Waals surface area contributed by atoms with Gasteiger partial charge in [0, 0.05) is 10.9 Å². The Labute approximate surface area is 167 Å². The molecule has 0 radical (unpaired) electrons. The van der Waals surface area contributed by atoms with Gasteiger partial charge in [0.25, 0.3) is 0 Å². The van der Waals surface area contributed by atoms with E-state index < -0.39 is 23.5 Å². The number of nitrogens with zero attached hydrogens (tertiary/aromatic N) is 1. The van der Waals surface area contributed by atoms with Crippen LogP contribution in [0.2, 0.25) is 0 Å². The van der Waals surface area contributed by atoms with Gasteiger partial charge in [-0.2, -0.15) is 13.2 Å². The fraction of sp³-hybridized carbons (Fsp3) is 0.300. The third-order valence-electron chi connectivity index (χ3n) is 5.08. The van der Waals surface area contributed by atoms with Gasteiger partial charge >= 0.3 is 6.18 Å². The van der Waals surface area contributed by atoms with Crippen molar-refractivity contribution in [3.63, 3.8) is 0 Å². The molecule has 4 nitrogen and oxygen atoms in total. The Bertz CT molecular complexity index is 1140. The molecule has 0 saturated carbocycles. The van der Waals surface area contributed by atoms with Crippen LogP contribution in [0, 0.1) is 5.82 Å². The van der Waals surface area contributed by atoms with Gasteiger partial charge in [0.15, 0.2) is 11.6 Å². The summed E-state index contributed by atoms with van der Waals surface area (Å²) >= 11 is 0.806. The maximum Gasteiger partial charge on any atom is 0.433 e. The lowest BCUT2D eigenvalue weighted by molar-refractivity contribution is -0.141. The molecule has 0 fully saturated rings. The van der Waals surface area contributed by atoms with Gasteiger partial charge in [0.2, 0.25) is 5.78 Å². The lowest BCUT2D eigenvalue weighted by Crippen LogP contribution is -2.17. The number of methoxy groups -OCH3 is 1. The number of fused-ring (bicyclic) bond motifs is 3. The Morgan fingerprint density at radius 3 is 2.52 bits per heavy atom. The summed E-state index contributed by atoms with van der Waals surface area (Å²) < 4.78 is 59.5. The maximum absolute atomic E-state index is 14.0. The minimum atomic E-state index is -4.59. The monoisotopic (exact) mass is 424 g/mol. The van der Waals surface area contributed by atoms with Crippen LogP contribution in [-0.4, -0.2) is 17.9 Å². The average molecular weight is 424 g/mol. The van der Waals surface area contributed by atoms with Crippen molar-refractivity contribution in [2.75, 3.05) is 12.8 Å². The number of carbonyl (C=O) groups is 1. The number of aromatic nitrogens is 1. The van der Waals surface area contributed by atoms with Crippen molar-refractivity contribution in [1.82, 2.24) is 4.98 Å². The van der Waals surface area contributed by atoms with E-state index in [4.69, 9.17) is 10.5 Å². The predicted molar refractivity (Wildman–Crippen MR) is 102 cm³/mol. The fourth-order valence-corrected chi connectivity index (χ4v) is 4.84. The molecular weight excluding hydrogens is 408 g/mol. The third kappa shape index (κ3) is 3.23. The molecule has 0 amide bonds. The second kappa shape index (κ2) is 6.98. The summed E-state index contributed by atoms with van der Waals surface area (Å²) in [6, 6.07) is 3.72. The molecule has 0 aliphatic heterocycles. The van der Waals surface area contributed by atoms with Gasteiger partial charge in [-0.25, -0.2) is 9.37 Å². The van der Waals surface area contributed by atoms with Crippen molar-refractivity contribution >= 4 is 33.0 Å². The Balaban J connectivity index is 1.90. The van der Waals surface area contributed by atoms with Crippen LogP contribution in [-0.2, 0) is 19.0 Å². The Kier molecular flexibility index (Phi) is 4.72. The molecule has 3 aromatic rings. The quantitative estimate of drug-likeness (QED) is 0.466. The molecule has 2 N–H and O–H groups in total. The summed E-state index contributed by atoms with van der Waals surface area (Å²) in [6.07, 6.45) is -2.48. The number of ether oxygens (including phenoxy) is 1. The fourth-order valence-electron chi connectivity index (χ4n) is 3.76. The summed E-state index contributed by atoms with van der Waals surface area (Å²) in [4.78, 5) is 16.9. The standard InChI is InChI=1S/C20H16F4N2O2S/c1-28-13-7-6-9(8-12(13)21)16(27)17-15(25)14-10-4-2-3-5-11(10)18(20(22,23)24)26-19(14)29-17/h6-8H,2-5,25H2,1H3. The molecule has 1 aliphatic carbocycles. The first-order valence-electron chi connectivity index (χ1n) is 8.91. The molecule has 152 valence electrons. The number of ketones is 1. The van der Waals surface area contributed by atoms with Crippen molar-refractivity contribution in [3.8, 4) is 5.75 Å². The summed E-state index contributed by atoms with van der Waals surface area (Å²) in [6.45, 7) is 0. The first kappa shape index (κ1) is 19.6. The van der Waals surface area contributed by atoms with Crippen LogP contribution in [0.5, 0.6) is 5.75 Å². The van der Waals surface area contributed by atoms with E-state index in [1.807, 2.05) is 0 Å². The maximum atomic E-state index is 14.0. The molecule has 0 atom stereocenters. The number of pyridine rings is 1. The first-order chi connectivity index (χ1) is 13.7. The largest absolute Gasteiger partial charge is 0.494 e. The molecule has 1 aliphatic rings. The molecule has 9 heteroatoms. The number of carbonyl (C=O) groups excluding carboxylic acids is 1. The van der Waals surface area contributed by atoms with E-state index in [1.54, 1.807) is 0 Å². The predicted octanol–water partition coefficient (Wildman–Crippen LogP) is 5.15. The van der Waals surface area contributed by atoms with Gasteiger partial charge in [0.05, 0.1) is 12.8 Å². The molecule has 29 heavy (non-hydrogen) atoms. The smallest absolute Gasteiger partial charge is 0.433 e. The number of rotatable bonds is 3. The summed E-state index contributed by atoms with van der Waals surface area (Å²) in [5.74, 6) is -1.30. The van der Waals surface area contributed by atoms with Crippen LogP contribution in [0.4, 0.5) is 23.2 Å². The minimum absolute atomic E-state index is 0.0172. The number of thiophene rings is 1. The van der Waals surface area contributed by atoms with Gasteiger partial charge in [-0.15, -0.1) is 11.3 Å². The third-order valence-corrected chi connectivity index (χ3v) is 6.18. The summed E-state index contributed by atoms with van der Waals surface area (Å²) in [5, 5.41) is 0.412. The van der Waals surface area contributed by atoms with E-state index >= 15 is 0 Å². The van der Waals surface area contributed by atoms with E-state index in [-0.39, 0.29) is 38.7 Å². The number of alkyl halides is 3. The number of aryl methyl sites for hydroxylation is 1. The highest BCUT2D eigenvalue weighted by Crippen LogP contribution is 2.44. The van der Waals surface area contributed by atoms with Crippen LogP contribution in [0.15, 0.2) is 18.2 Å². The number of hydrogen-bond acceptors (Lipinski definition) is 5. The highest BCUT2D eigenvalue weighted by Gasteiger charge is 2.38. The van der Waals surface area contributed by atoms with Gasteiger partial charge in [-0.05, 0) is 55.0 Å². The molecule has 0 spiro atoms. The van der Waals surface area contributed by atoms with Crippen LogP contribution in [0.3, 0.4) is 0 Å². The van der Waals surface area contributed by atoms with Gasteiger partial charge in [-0.1, -0.05) is 0 Å². The highest BCUT2D eigenvalue weighted by molar-refractivity contribution is 7.21. The zero-order valence-corrected chi connectivity index (χ0v) is 16.1. The number of nitrogens with two attached hydrogens (primary N) is 1. The number of halogens is 4. The van der Waals surface area contributed by atoms with E-state index in [1.165, 1.54) is 19.2 Å². The summed E-state index contributed by atoms with van der Waals surface area (Å²) in [7, 11) is 1.30. The van der Waals surface area contributed by atoms with E-state index in [2.05, 4.69) is 4.98 Å². The SMILES string of the molecule is COc1ccc(C(=O)c2sc3nc(C(F)(F)F)c4c(c3c2N)CCCC4)cc1F. The first-order valence-corrected chi connectivity index (χ1v) is 9.73. The van der Waals surface area contributed by atoms with Gasteiger partial charge in [-0.3, -0.25) is 4.79 Å². The van der Waals surface area contributed by atoms with Crippen molar-refractivity contribution in [2.45, 2.75) is 31.9 Å². The van der Waals surface area contributed by atoms with Gasteiger partial charge in [0.1, 0.15) is 15.4 Å². The van der Waals surface area contributed by atoms with E-state index in [9.17, 15) is 22.4 Å². The van der Waals surface area contributed by atoms with E-state index in [0.717, 1.165) is 23.8 Å². The molecule has 1 aromatic carbocycles. The molecular formula is C20H16F4N2O2S. The van der Waals surface area contributed by atoms with Crippen LogP contribution in [0.25, 0.3) is 10.2 Å².